The summed E-state index contributed by atoms with van der Waals surface area (Å²) in [5, 5.41) is 0. The van der Waals surface area contributed by atoms with E-state index in [0.717, 1.165) is 18.4 Å². The van der Waals surface area contributed by atoms with Crippen molar-refractivity contribution in [1.82, 2.24) is 0 Å². The lowest BCUT2D eigenvalue weighted by Crippen LogP contribution is -2.30. The molecule has 0 N–H and O–H groups in total. The van der Waals surface area contributed by atoms with Gasteiger partial charge < -0.3 is 18.9 Å². The fourth-order valence-corrected chi connectivity index (χ4v) is 2.61. The van der Waals surface area contributed by atoms with Gasteiger partial charge in [0, 0.05) is 5.57 Å². The standard InChI is InChI=1S/C18H24O7/c1-11(2)16(19)22-7-8-23-17(20)14-6-4-5-12(3)15(14)18(21)25-10-13-9-24-13/h13-14H,1,4-10H2,2-3H3. The molecule has 2 aliphatic rings. The normalized spacial score (nSPS) is 22.2. The van der Waals surface area contributed by atoms with Gasteiger partial charge in [-0.1, -0.05) is 12.2 Å². The average molecular weight is 352 g/mol. The highest BCUT2D eigenvalue weighted by Crippen LogP contribution is 2.32. The van der Waals surface area contributed by atoms with Gasteiger partial charge >= 0.3 is 17.9 Å². The van der Waals surface area contributed by atoms with Gasteiger partial charge in [0.25, 0.3) is 0 Å². The van der Waals surface area contributed by atoms with E-state index in [1.54, 1.807) is 0 Å². The number of hydrogen-bond donors (Lipinski definition) is 0. The number of carbonyl (C=O) groups is 3. The van der Waals surface area contributed by atoms with Crippen LogP contribution in [0.5, 0.6) is 0 Å². The van der Waals surface area contributed by atoms with Crippen molar-refractivity contribution in [2.45, 2.75) is 39.2 Å². The van der Waals surface area contributed by atoms with E-state index in [4.69, 9.17) is 18.9 Å². The van der Waals surface area contributed by atoms with Gasteiger partial charge in [-0.15, -0.1) is 0 Å². The summed E-state index contributed by atoms with van der Waals surface area (Å²) in [4.78, 5) is 35.9. The summed E-state index contributed by atoms with van der Waals surface area (Å²) >= 11 is 0. The lowest BCUT2D eigenvalue weighted by molar-refractivity contribution is -0.154. The molecule has 2 atom stereocenters. The van der Waals surface area contributed by atoms with Gasteiger partial charge in [0.15, 0.2) is 0 Å². The van der Waals surface area contributed by atoms with E-state index < -0.39 is 23.8 Å². The van der Waals surface area contributed by atoms with Crippen molar-refractivity contribution in [3.8, 4) is 0 Å². The molecule has 7 heteroatoms. The molecular formula is C18H24O7. The Hall–Kier alpha value is -2.15. The zero-order valence-electron chi connectivity index (χ0n) is 14.7. The highest BCUT2D eigenvalue weighted by molar-refractivity contribution is 5.96. The Kier molecular flexibility index (Phi) is 6.75. The number of esters is 3. The minimum atomic E-state index is -0.641. The molecule has 2 unspecified atom stereocenters. The van der Waals surface area contributed by atoms with Crippen molar-refractivity contribution < 1.29 is 33.3 Å². The van der Waals surface area contributed by atoms with Gasteiger partial charge in [-0.3, -0.25) is 4.79 Å². The molecule has 0 aromatic carbocycles. The molecule has 1 aliphatic carbocycles. The predicted molar refractivity (Wildman–Crippen MR) is 87.5 cm³/mol. The lowest BCUT2D eigenvalue weighted by atomic mass is 9.83. The first-order chi connectivity index (χ1) is 11.9. The van der Waals surface area contributed by atoms with Crippen LogP contribution in [-0.4, -0.2) is 50.4 Å². The van der Waals surface area contributed by atoms with Crippen molar-refractivity contribution in [2.24, 2.45) is 5.92 Å². The SMILES string of the molecule is C=C(C)C(=O)OCCOC(=O)C1CCCC(C)=C1C(=O)OCC1CO1. The monoisotopic (exact) mass is 352 g/mol. The Morgan fingerprint density at radius 3 is 2.52 bits per heavy atom. The summed E-state index contributed by atoms with van der Waals surface area (Å²) in [5.74, 6) is -2.15. The van der Waals surface area contributed by atoms with Crippen LogP contribution in [0.15, 0.2) is 23.3 Å². The topological polar surface area (TPSA) is 91.4 Å². The first kappa shape index (κ1) is 19.2. The number of hydrogen-bond acceptors (Lipinski definition) is 7. The summed E-state index contributed by atoms with van der Waals surface area (Å²) in [6.07, 6.45) is 2.07. The summed E-state index contributed by atoms with van der Waals surface area (Å²) in [6.45, 7) is 7.52. The van der Waals surface area contributed by atoms with Gasteiger partial charge in [-0.25, -0.2) is 9.59 Å². The van der Waals surface area contributed by atoms with Crippen LogP contribution in [-0.2, 0) is 33.3 Å². The van der Waals surface area contributed by atoms with Crippen LogP contribution in [0.3, 0.4) is 0 Å². The number of carbonyl (C=O) groups excluding carboxylic acids is 3. The number of allylic oxidation sites excluding steroid dienone is 1. The summed E-state index contributed by atoms with van der Waals surface area (Å²) in [6, 6.07) is 0. The van der Waals surface area contributed by atoms with Crippen LogP contribution in [0.1, 0.15) is 33.1 Å². The summed E-state index contributed by atoms with van der Waals surface area (Å²) in [5.41, 5.74) is 1.52. The van der Waals surface area contributed by atoms with Crippen LogP contribution < -0.4 is 0 Å². The zero-order valence-corrected chi connectivity index (χ0v) is 14.7. The summed E-state index contributed by atoms with van der Waals surface area (Å²) < 4.78 is 20.3. The molecule has 0 radical (unpaired) electrons. The maximum atomic E-state index is 12.3. The van der Waals surface area contributed by atoms with E-state index in [0.29, 0.717) is 18.6 Å². The predicted octanol–water partition coefficient (Wildman–Crippen LogP) is 1.71. The molecule has 0 spiro atoms. The zero-order chi connectivity index (χ0) is 18.4. The molecule has 1 heterocycles. The average Bonchev–Trinajstić information content (AvgIpc) is 3.40. The first-order valence-corrected chi connectivity index (χ1v) is 8.37. The molecule has 1 fully saturated rings. The highest BCUT2D eigenvalue weighted by atomic mass is 16.6. The minimum absolute atomic E-state index is 0.0261. The third-order valence-electron chi connectivity index (χ3n) is 4.07. The van der Waals surface area contributed by atoms with Crippen LogP contribution >= 0.6 is 0 Å². The molecule has 1 saturated heterocycles. The van der Waals surface area contributed by atoms with Crippen molar-refractivity contribution in [2.75, 3.05) is 26.4 Å². The molecule has 0 aromatic heterocycles. The van der Waals surface area contributed by atoms with Crippen molar-refractivity contribution >= 4 is 17.9 Å². The smallest absolute Gasteiger partial charge is 0.334 e. The van der Waals surface area contributed by atoms with Crippen LogP contribution in [0.2, 0.25) is 0 Å². The van der Waals surface area contributed by atoms with Gasteiger partial charge in [0.1, 0.15) is 25.9 Å². The molecule has 0 aromatic rings. The van der Waals surface area contributed by atoms with E-state index in [1.807, 2.05) is 6.92 Å². The van der Waals surface area contributed by atoms with E-state index >= 15 is 0 Å². The largest absolute Gasteiger partial charge is 0.462 e. The fraction of sp³-hybridized carbons (Fsp3) is 0.611. The number of epoxide rings is 1. The van der Waals surface area contributed by atoms with Gasteiger partial charge in [-0.2, -0.15) is 0 Å². The Bertz CT molecular complexity index is 586. The quantitative estimate of drug-likeness (QED) is 0.216. The second-order valence-corrected chi connectivity index (χ2v) is 6.28. The molecule has 1 aliphatic heterocycles. The van der Waals surface area contributed by atoms with Crippen LogP contribution in [0.4, 0.5) is 0 Å². The molecule has 25 heavy (non-hydrogen) atoms. The molecule has 0 bridgehead atoms. The van der Waals surface area contributed by atoms with Gasteiger partial charge in [0.2, 0.25) is 0 Å². The fourth-order valence-electron chi connectivity index (χ4n) is 2.61. The number of ether oxygens (including phenoxy) is 4. The van der Waals surface area contributed by atoms with E-state index in [2.05, 4.69) is 6.58 Å². The Morgan fingerprint density at radius 1 is 1.20 bits per heavy atom. The first-order valence-electron chi connectivity index (χ1n) is 8.37. The molecular weight excluding hydrogens is 328 g/mol. The van der Waals surface area contributed by atoms with Crippen molar-refractivity contribution in [3.05, 3.63) is 23.3 Å². The molecule has 2 rings (SSSR count). The van der Waals surface area contributed by atoms with E-state index in [1.165, 1.54) is 6.92 Å². The Morgan fingerprint density at radius 2 is 1.88 bits per heavy atom. The van der Waals surface area contributed by atoms with Crippen molar-refractivity contribution in [1.29, 1.82) is 0 Å². The maximum absolute atomic E-state index is 12.3. The minimum Gasteiger partial charge on any atom is -0.462 e. The van der Waals surface area contributed by atoms with Crippen molar-refractivity contribution in [3.63, 3.8) is 0 Å². The maximum Gasteiger partial charge on any atom is 0.334 e. The molecule has 7 nitrogen and oxygen atoms in total. The lowest BCUT2D eigenvalue weighted by Gasteiger charge is -2.24. The Balaban J connectivity index is 1.87. The Labute approximate surface area is 146 Å². The second kappa shape index (κ2) is 8.80. The second-order valence-electron chi connectivity index (χ2n) is 6.28. The number of rotatable bonds is 8. The van der Waals surface area contributed by atoms with Crippen LogP contribution in [0.25, 0.3) is 0 Å². The van der Waals surface area contributed by atoms with E-state index in [9.17, 15) is 14.4 Å². The van der Waals surface area contributed by atoms with Gasteiger partial charge in [-0.05, 0) is 33.1 Å². The third kappa shape index (κ3) is 5.70. The molecule has 0 saturated carbocycles. The highest BCUT2D eigenvalue weighted by Gasteiger charge is 2.35. The third-order valence-corrected chi connectivity index (χ3v) is 4.07. The summed E-state index contributed by atoms with van der Waals surface area (Å²) in [7, 11) is 0. The molecule has 138 valence electrons. The van der Waals surface area contributed by atoms with E-state index in [-0.39, 0.29) is 31.5 Å². The molecule has 0 amide bonds. The van der Waals surface area contributed by atoms with Gasteiger partial charge in [0.05, 0.1) is 18.1 Å². The van der Waals surface area contributed by atoms with Crippen LogP contribution in [0, 0.1) is 5.92 Å².